The van der Waals surface area contributed by atoms with E-state index in [2.05, 4.69) is 20.0 Å². The number of hydrogen-bond acceptors (Lipinski definition) is 11. The number of anilines is 2. The molecule has 1 aliphatic rings. The summed E-state index contributed by atoms with van der Waals surface area (Å²) < 4.78 is 39.8. The lowest BCUT2D eigenvalue weighted by atomic mass is 10.2. The Morgan fingerprint density at radius 2 is 1.80 bits per heavy atom. The van der Waals surface area contributed by atoms with Gasteiger partial charge in [-0.05, 0) is 61.2 Å². The highest BCUT2D eigenvalue weighted by molar-refractivity contribution is 7.99. The molecule has 12 nitrogen and oxygen atoms in total. The number of nitrogens with one attached hydrogen (secondary N) is 2. The van der Waals surface area contributed by atoms with Gasteiger partial charge in [-0.25, -0.2) is 13.4 Å². The van der Waals surface area contributed by atoms with Crippen molar-refractivity contribution in [1.29, 1.82) is 0 Å². The molecule has 1 amide bonds. The minimum Gasteiger partial charge on any atom is -0.481 e. The van der Waals surface area contributed by atoms with E-state index >= 15 is 0 Å². The van der Waals surface area contributed by atoms with Crippen LogP contribution >= 0.6 is 23.1 Å². The third kappa shape index (κ3) is 5.98. The maximum absolute atomic E-state index is 13.7. The lowest BCUT2D eigenvalue weighted by Crippen LogP contribution is -2.23. The van der Waals surface area contributed by atoms with Crippen LogP contribution in [0.4, 0.5) is 11.5 Å². The van der Waals surface area contributed by atoms with Gasteiger partial charge in [0.25, 0.3) is 15.6 Å². The van der Waals surface area contributed by atoms with Crippen LogP contribution in [0.5, 0.6) is 11.9 Å². The number of para-hydroxylation sites is 1. The Morgan fingerprint density at radius 1 is 1.02 bits per heavy atom. The van der Waals surface area contributed by atoms with Crippen LogP contribution in [0.1, 0.15) is 16.9 Å². The van der Waals surface area contributed by atoms with Crippen molar-refractivity contribution in [3.8, 4) is 17.6 Å². The van der Waals surface area contributed by atoms with Crippen LogP contribution in [0.2, 0.25) is 0 Å². The summed E-state index contributed by atoms with van der Waals surface area (Å²) in [6.45, 7) is 0. The molecule has 226 valence electrons. The summed E-state index contributed by atoms with van der Waals surface area (Å²) in [7, 11) is -1.28. The van der Waals surface area contributed by atoms with Gasteiger partial charge in [-0.2, -0.15) is 9.97 Å². The first-order chi connectivity index (χ1) is 21.3. The van der Waals surface area contributed by atoms with E-state index in [1.165, 1.54) is 49.4 Å². The molecule has 6 rings (SSSR count). The van der Waals surface area contributed by atoms with Gasteiger partial charge < -0.3 is 14.8 Å². The zero-order chi connectivity index (χ0) is 30.8. The fourth-order valence-electron chi connectivity index (χ4n) is 4.82. The maximum atomic E-state index is 13.7. The number of ether oxygens (including phenoxy) is 2. The Morgan fingerprint density at radius 3 is 2.52 bits per heavy atom. The van der Waals surface area contributed by atoms with Gasteiger partial charge in [0, 0.05) is 16.6 Å². The first-order valence-corrected chi connectivity index (χ1v) is 16.7. The molecule has 44 heavy (non-hydrogen) atoms. The molecule has 0 unspecified atom stereocenters. The minimum absolute atomic E-state index is 0.0190. The molecule has 0 saturated heterocycles. The monoisotopic (exact) mass is 650 g/mol. The fourth-order valence-corrected chi connectivity index (χ4v) is 7.93. The molecule has 0 fully saturated rings. The summed E-state index contributed by atoms with van der Waals surface area (Å²) in [6, 6.07) is 16.2. The number of carbonyl (C=O) groups excluding carboxylic acids is 1. The van der Waals surface area contributed by atoms with Gasteiger partial charge in [0.2, 0.25) is 11.8 Å². The minimum atomic E-state index is -4.02. The van der Waals surface area contributed by atoms with Gasteiger partial charge in [0.15, 0.2) is 11.0 Å². The number of thiophene rings is 1. The molecule has 0 spiro atoms. The van der Waals surface area contributed by atoms with E-state index < -0.39 is 10.0 Å². The lowest BCUT2D eigenvalue weighted by molar-refractivity contribution is -0.113. The van der Waals surface area contributed by atoms with Gasteiger partial charge in [-0.15, -0.1) is 11.3 Å². The van der Waals surface area contributed by atoms with Gasteiger partial charge >= 0.3 is 6.01 Å². The molecule has 0 radical (unpaired) electrons. The van der Waals surface area contributed by atoms with E-state index in [1.807, 2.05) is 30.3 Å². The van der Waals surface area contributed by atoms with E-state index in [0.717, 1.165) is 36.6 Å². The van der Waals surface area contributed by atoms with E-state index in [0.29, 0.717) is 26.7 Å². The number of rotatable bonds is 10. The van der Waals surface area contributed by atoms with Crippen molar-refractivity contribution in [3.63, 3.8) is 0 Å². The number of thioether (sulfide) groups is 1. The van der Waals surface area contributed by atoms with Crippen molar-refractivity contribution < 1.29 is 22.7 Å². The number of aromatic nitrogens is 4. The van der Waals surface area contributed by atoms with Gasteiger partial charge in [0.05, 0.1) is 35.9 Å². The molecule has 1 aliphatic carbocycles. The van der Waals surface area contributed by atoms with E-state index in [1.54, 1.807) is 15.9 Å². The number of carbonyl (C=O) groups is 1. The highest BCUT2D eigenvalue weighted by atomic mass is 32.2. The average Bonchev–Trinajstić information content (AvgIpc) is 3.61. The van der Waals surface area contributed by atoms with Crippen molar-refractivity contribution in [2.24, 2.45) is 0 Å². The Labute approximate surface area is 260 Å². The second-order valence-corrected chi connectivity index (χ2v) is 13.4. The normalized spacial score (nSPS) is 12.6. The number of fused-ring (bicyclic) bond motifs is 3. The molecule has 2 N–H and O–H groups in total. The molecular formula is C29H26N6O6S3. The third-order valence-corrected chi connectivity index (χ3v) is 10.3. The standard InChI is InChI=1S/C29H26N6O6S3/c1-40-24-15-22(31-28(32-24)41-2)34-44(38,39)19-13-11-17(12-14-19)30-23(36)16-42-29-33-26-25(20-9-6-10-21(20)43-26)27(37)35(29)18-7-4-3-5-8-18/h3-5,7-8,11-15H,6,9-10,16H2,1-2H3,(H,30,36)(H,31,32,34). The molecule has 2 aromatic carbocycles. The summed E-state index contributed by atoms with van der Waals surface area (Å²) in [5, 5.41) is 3.87. The van der Waals surface area contributed by atoms with Crippen LogP contribution in [0.3, 0.4) is 0 Å². The Kier molecular flexibility index (Phi) is 8.25. The maximum Gasteiger partial charge on any atom is 0.321 e. The fraction of sp³-hybridized carbons (Fsp3) is 0.207. The van der Waals surface area contributed by atoms with E-state index in [4.69, 9.17) is 14.5 Å². The molecule has 0 atom stereocenters. The number of sulfonamides is 1. The molecule has 15 heteroatoms. The van der Waals surface area contributed by atoms with Gasteiger partial charge in [-0.1, -0.05) is 30.0 Å². The van der Waals surface area contributed by atoms with Crippen LogP contribution in [-0.4, -0.2) is 53.8 Å². The number of hydrogen-bond donors (Lipinski definition) is 2. The number of amides is 1. The first-order valence-electron chi connectivity index (χ1n) is 13.4. The predicted octanol–water partition coefficient (Wildman–Crippen LogP) is 4.27. The topological polar surface area (TPSA) is 154 Å². The van der Waals surface area contributed by atoms with Crippen LogP contribution in [0.25, 0.3) is 15.9 Å². The predicted molar refractivity (Wildman–Crippen MR) is 169 cm³/mol. The third-order valence-electron chi connectivity index (χ3n) is 6.82. The number of benzene rings is 2. The summed E-state index contributed by atoms with van der Waals surface area (Å²) in [6.07, 6.45) is 2.86. The van der Waals surface area contributed by atoms with Crippen molar-refractivity contribution >= 4 is 60.8 Å². The number of aryl methyl sites for hydroxylation is 2. The van der Waals surface area contributed by atoms with Crippen LogP contribution < -0.4 is 25.1 Å². The molecule has 3 aromatic heterocycles. The van der Waals surface area contributed by atoms with Crippen molar-refractivity contribution in [2.75, 3.05) is 30.0 Å². The Balaban J connectivity index is 1.17. The molecule has 0 bridgehead atoms. The Bertz CT molecular complexity index is 2010. The molecule has 0 saturated carbocycles. The quantitative estimate of drug-likeness (QED) is 0.165. The molecule has 3 heterocycles. The van der Waals surface area contributed by atoms with Crippen LogP contribution in [0, 0.1) is 0 Å². The lowest BCUT2D eigenvalue weighted by Gasteiger charge is -2.13. The van der Waals surface area contributed by atoms with Crippen LogP contribution in [-0.2, 0) is 27.7 Å². The largest absolute Gasteiger partial charge is 0.481 e. The van der Waals surface area contributed by atoms with Crippen molar-refractivity contribution in [3.05, 3.63) is 81.5 Å². The van der Waals surface area contributed by atoms with Gasteiger partial charge in [0.1, 0.15) is 4.83 Å². The second kappa shape index (κ2) is 12.3. The smallest absolute Gasteiger partial charge is 0.321 e. The summed E-state index contributed by atoms with van der Waals surface area (Å²) >= 11 is 2.71. The zero-order valence-corrected chi connectivity index (χ0v) is 26.0. The van der Waals surface area contributed by atoms with Crippen molar-refractivity contribution in [1.82, 2.24) is 19.5 Å². The van der Waals surface area contributed by atoms with E-state index in [9.17, 15) is 18.0 Å². The second-order valence-electron chi connectivity index (χ2n) is 9.66. The highest BCUT2D eigenvalue weighted by Gasteiger charge is 2.24. The summed E-state index contributed by atoms with van der Waals surface area (Å²) in [4.78, 5) is 41.3. The number of methoxy groups -OCH3 is 2. The SMILES string of the molecule is COc1cc(NS(=O)(=O)c2ccc(NC(=O)CSc3nc4sc5c(c4c(=O)n3-c3ccccc3)CCC5)cc2)nc(OC)n1. The van der Waals surface area contributed by atoms with Gasteiger partial charge in [-0.3, -0.25) is 18.9 Å². The van der Waals surface area contributed by atoms with E-state index in [-0.39, 0.29) is 39.8 Å². The van der Waals surface area contributed by atoms with Crippen molar-refractivity contribution in [2.45, 2.75) is 29.3 Å². The Hall–Kier alpha value is -4.47. The average molecular weight is 651 g/mol. The van der Waals surface area contributed by atoms with Crippen LogP contribution in [0.15, 0.2) is 75.5 Å². The highest BCUT2D eigenvalue weighted by Crippen LogP contribution is 2.36. The number of nitrogens with zero attached hydrogens (tertiary/aromatic N) is 4. The molecular weight excluding hydrogens is 625 g/mol. The molecule has 5 aromatic rings. The summed E-state index contributed by atoms with van der Waals surface area (Å²) in [5.74, 6) is -0.266. The molecule has 0 aliphatic heterocycles. The summed E-state index contributed by atoms with van der Waals surface area (Å²) in [5.41, 5.74) is 2.04. The zero-order valence-electron chi connectivity index (χ0n) is 23.6. The first kappa shape index (κ1) is 29.6.